The van der Waals surface area contributed by atoms with Crippen LogP contribution in [-0.4, -0.2) is 10.9 Å². The van der Waals surface area contributed by atoms with Crippen molar-refractivity contribution in [1.82, 2.24) is 0 Å². The van der Waals surface area contributed by atoms with Crippen LogP contribution in [0.2, 0.25) is 0 Å². The Bertz CT molecular complexity index is 740. The van der Waals surface area contributed by atoms with Crippen LogP contribution >= 0.6 is 24.0 Å². The molecule has 0 fully saturated rings. The van der Waals surface area contributed by atoms with Crippen LogP contribution in [0.25, 0.3) is 16.2 Å². The third kappa shape index (κ3) is 3.22. The van der Waals surface area contributed by atoms with Crippen LogP contribution < -0.4 is 0 Å². The zero-order valence-electron chi connectivity index (χ0n) is 13.9. The molecule has 1 aromatic heterocycles. The van der Waals surface area contributed by atoms with Crippen molar-refractivity contribution in [3.8, 4) is 10.4 Å². The van der Waals surface area contributed by atoms with Gasteiger partial charge in [0.25, 0.3) is 0 Å². The Morgan fingerprint density at radius 2 is 2.09 bits per heavy atom. The predicted octanol–water partition coefficient (Wildman–Crippen LogP) is 5.93. The van der Waals surface area contributed by atoms with Gasteiger partial charge in [-0.05, 0) is 53.5 Å². The first-order chi connectivity index (χ1) is 10.9. The number of hydrogen-bond donors (Lipinski definition) is 2. The van der Waals surface area contributed by atoms with Crippen molar-refractivity contribution in [3.63, 3.8) is 0 Å². The molecule has 0 saturated heterocycles. The lowest BCUT2D eigenvalue weighted by atomic mass is 9.75. The Morgan fingerprint density at radius 1 is 1.35 bits per heavy atom. The lowest BCUT2D eigenvalue weighted by Gasteiger charge is -2.30. The van der Waals surface area contributed by atoms with Crippen molar-refractivity contribution in [2.75, 3.05) is 5.75 Å². The highest BCUT2D eigenvalue weighted by Gasteiger charge is 2.31. The molecule has 3 rings (SSSR count). The van der Waals surface area contributed by atoms with Gasteiger partial charge in [0, 0.05) is 15.3 Å². The molecule has 122 valence electrons. The molecule has 0 aliphatic heterocycles. The SMILES string of the molecule is C=C(O)c1c(-c2ccccc2CCS)sc2c1CC(C)(C)CC2. The number of aliphatic hydroxyl groups excluding tert-OH is 1. The molecule has 0 saturated carbocycles. The molecule has 0 spiro atoms. The number of fused-ring (bicyclic) bond motifs is 1. The summed E-state index contributed by atoms with van der Waals surface area (Å²) in [6.07, 6.45) is 4.25. The minimum Gasteiger partial charge on any atom is -0.508 e. The van der Waals surface area contributed by atoms with E-state index in [0.29, 0.717) is 5.41 Å². The monoisotopic (exact) mass is 344 g/mol. The van der Waals surface area contributed by atoms with Gasteiger partial charge in [0.1, 0.15) is 5.76 Å². The second-order valence-corrected chi connectivity index (χ2v) is 8.68. The molecule has 3 heteroatoms. The second-order valence-electron chi connectivity index (χ2n) is 7.13. The molecule has 0 radical (unpaired) electrons. The molecule has 1 nitrogen and oxygen atoms in total. The van der Waals surface area contributed by atoms with Crippen molar-refractivity contribution in [3.05, 3.63) is 52.4 Å². The van der Waals surface area contributed by atoms with E-state index in [2.05, 4.69) is 57.3 Å². The Hall–Kier alpha value is -1.19. The van der Waals surface area contributed by atoms with E-state index in [-0.39, 0.29) is 5.76 Å². The summed E-state index contributed by atoms with van der Waals surface area (Å²) in [5, 5.41) is 10.3. The van der Waals surface area contributed by atoms with E-state index in [0.717, 1.165) is 30.6 Å². The van der Waals surface area contributed by atoms with E-state index >= 15 is 0 Å². The van der Waals surface area contributed by atoms with Crippen LogP contribution in [0.5, 0.6) is 0 Å². The number of thiol groups is 1. The van der Waals surface area contributed by atoms with E-state index in [4.69, 9.17) is 0 Å². The molecular formula is C20H24OS2. The first-order valence-electron chi connectivity index (χ1n) is 8.15. The smallest absolute Gasteiger partial charge is 0.117 e. The van der Waals surface area contributed by atoms with Crippen LogP contribution in [0.4, 0.5) is 0 Å². The van der Waals surface area contributed by atoms with Crippen molar-refractivity contribution < 1.29 is 5.11 Å². The van der Waals surface area contributed by atoms with Crippen LogP contribution in [0.3, 0.4) is 0 Å². The van der Waals surface area contributed by atoms with E-state index in [1.165, 1.54) is 32.9 Å². The lowest BCUT2D eigenvalue weighted by molar-refractivity contribution is 0.317. The molecule has 1 heterocycles. The molecule has 0 unspecified atom stereocenters. The molecule has 0 bridgehead atoms. The highest BCUT2D eigenvalue weighted by molar-refractivity contribution is 7.80. The van der Waals surface area contributed by atoms with Gasteiger partial charge in [0.05, 0.1) is 0 Å². The number of benzene rings is 1. The fourth-order valence-electron chi connectivity index (χ4n) is 3.50. The van der Waals surface area contributed by atoms with Crippen LogP contribution in [0.15, 0.2) is 30.8 Å². The zero-order valence-corrected chi connectivity index (χ0v) is 15.6. The van der Waals surface area contributed by atoms with Crippen molar-refractivity contribution >= 4 is 29.7 Å². The molecule has 23 heavy (non-hydrogen) atoms. The Kier molecular flexibility index (Phi) is 4.61. The molecule has 1 aliphatic carbocycles. The maximum absolute atomic E-state index is 10.3. The van der Waals surface area contributed by atoms with Crippen molar-refractivity contribution in [1.29, 1.82) is 0 Å². The molecule has 2 aromatic rings. The summed E-state index contributed by atoms with van der Waals surface area (Å²) in [5.41, 5.74) is 5.10. The molecule has 0 atom stereocenters. The number of thiophene rings is 1. The van der Waals surface area contributed by atoms with E-state index in [1.54, 1.807) is 0 Å². The van der Waals surface area contributed by atoms with Crippen LogP contribution in [0, 0.1) is 5.41 Å². The zero-order chi connectivity index (χ0) is 16.6. The summed E-state index contributed by atoms with van der Waals surface area (Å²) in [4.78, 5) is 2.60. The standard InChI is InChI=1S/C20H24OS2/c1-13(21)18-16-12-20(2,3)10-8-17(16)23-19(18)15-7-5-4-6-14(15)9-11-22/h4-7,21-22H,1,8-12H2,2-3H3. The van der Waals surface area contributed by atoms with Crippen LogP contribution in [-0.2, 0) is 19.3 Å². The number of aryl methyl sites for hydroxylation is 2. The quantitative estimate of drug-likeness (QED) is 0.520. The Morgan fingerprint density at radius 3 is 2.78 bits per heavy atom. The maximum atomic E-state index is 10.3. The van der Waals surface area contributed by atoms with Gasteiger partial charge in [-0.25, -0.2) is 0 Å². The van der Waals surface area contributed by atoms with E-state index in [9.17, 15) is 5.11 Å². The molecule has 1 aliphatic rings. The Labute approximate surface area is 148 Å². The third-order valence-electron chi connectivity index (χ3n) is 4.71. The van der Waals surface area contributed by atoms with Gasteiger partial charge in [0.15, 0.2) is 0 Å². The summed E-state index contributed by atoms with van der Waals surface area (Å²) in [6.45, 7) is 8.49. The van der Waals surface area contributed by atoms with Gasteiger partial charge < -0.3 is 5.11 Å². The summed E-state index contributed by atoms with van der Waals surface area (Å²) in [5.74, 6) is 1.03. The average Bonchev–Trinajstić information content (AvgIpc) is 2.85. The summed E-state index contributed by atoms with van der Waals surface area (Å²) < 4.78 is 0. The van der Waals surface area contributed by atoms with Crippen molar-refractivity contribution in [2.24, 2.45) is 5.41 Å². The summed E-state index contributed by atoms with van der Waals surface area (Å²) in [6, 6.07) is 8.47. The topological polar surface area (TPSA) is 20.2 Å². The average molecular weight is 345 g/mol. The van der Waals surface area contributed by atoms with Gasteiger partial charge in [-0.2, -0.15) is 12.6 Å². The minimum absolute atomic E-state index is 0.205. The highest BCUT2D eigenvalue weighted by Crippen LogP contribution is 2.47. The normalized spacial score (nSPS) is 16.1. The van der Waals surface area contributed by atoms with Gasteiger partial charge in [-0.15, -0.1) is 11.3 Å². The molecular weight excluding hydrogens is 320 g/mol. The summed E-state index contributed by atoms with van der Waals surface area (Å²) >= 11 is 6.23. The Balaban J connectivity index is 2.18. The van der Waals surface area contributed by atoms with E-state index in [1.807, 2.05) is 11.3 Å². The number of aliphatic hydroxyl groups is 1. The van der Waals surface area contributed by atoms with Crippen molar-refractivity contribution in [2.45, 2.75) is 39.5 Å². The van der Waals surface area contributed by atoms with Crippen LogP contribution in [0.1, 0.15) is 41.8 Å². The molecule has 1 aromatic carbocycles. The second kappa shape index (κ2) is 6.37. The predicted molar refractivity (Wildman–Crippen MR) is 105 cm³/mol. The largest absolute Gasteiger partial charge is 0.508 e. The fraction of sp³-hybridized carbons (Fsp3) is 0.400. The lowest BCUT2D eigenvalue weighted by Crippen LogP contribution is -2.21. The number of hydrogen-bond acceptors (Lipinski definition) is 3. The van der Waals surface area contributed by atoms with Gasteiger partial charge in [-0.1, -0.05) is 44.7 Å². The van der Waals surface area contributed by atoms with E-state index < -0.39 is 0 Å². The van der Waals surface area contributed by atoms with Gasteiger partial charge in [-0.3, -0.25) is 0 Å². The van der Waals surface area contributed by atoms with Gasteiger partial charge in [0.2, 0.25) is 0 Å². The third-order valence-corrected chi connectivity index (χ3v) is 6.26. The molecule has 1 N–H and O–H groups in total. The summed E-state index contributed by atoms with van der Waals surface area (Å²) in [7, 11) is 0. The first-order valence-corrected chi connectivity index (χ1v) is 9.60. The first kappa shape index (κ1) is 16.7. The molecule has 0 amide bonds. The van der Waals surface area contributed by atoms with Gasteiger partial charge >= 0.3 is 0 Å². The number of rotatable bonds is 4. The minimum atomic E-state index is 0.205. The highest BCUT2D eigenvalue weighted by atomic mass is 32.1. The fourth-order valence-corrected chi connectivity index (χ4v) is 5.14. The maximum Gasteiger partial charge on any atom is 0.117 e.